The van der Waals surface area contributed by atoms with Crippen LogP contribution in [0.2, 0.25) is 0 Å². The van der Waals surface area contributed by atoms with E-state index in [0.717, 1.165) is 21.5 Å². The molecule has 2 aliphatic heterocycles. The highest BCUT2D eigenvalue weighted by Crippen LogP contribution is 2.22. The summed E-state index contributed by atoms with van der Waals surface area (Å²) in [5, 5.41) is 0.934. The van der Waals surface area contributed by atoms with Crippen LogP contribution in [0.3, 0.4) is 0 Å². The van der Waals surface area contributed by atoms with Crippen molar-refractivity contribution in [1.29, 1.82) is 0 Å². The maximum absolute atomic E-state index is 13.3. The number of likely N-dealkylation sites (N-methyl/N-ethyl adjacent to an activating group) is 1. The zero-order chi connectivity index (χ0) is 21.4. The average Bonchev–Trinajstić information content (AvgIpc) is 3.12. The summed E-state index contributed by atoms with van der Waals surface area (Å²) >= 11 is 0. The van der Waals surface area contributed by atoms with Gasteiger partial charge in [0.1, 0.15) is 5.82 Å². The van der Waals surface area contributed by atoms with Gasteiger partial charge in [-0.1, -0.05) is 24.1 Å². The molecule has 2 aliphatic rings. The lowest BCUT2D eigenvalue weighted by molar-refractivity contribution is -0.531. The maximum atomic E-state index is 13.3. The number of ether oxygens (including phenoxy) is 1. The van der Waals surface area contributed by atoms with Gasteiger partial charge >= 0.3 is 12.1 Å². The van der Waals surface area contributed by atoms with E-state index >= 15 is 0 Å². The van der Waals surface area contributed by atoms with Crippen LogP contribution >= 0.6 is 0 Å². The number of aromatic nitrogens is 2. The van der Waals surface area contributed by atoms with Crippen molar-refractivity contribution in [3.63, 3.8) is 0 Å². The molecule has 0 radical (unpaired) electrons. The maximum Gasteiger partial charge on any atom is 0.497 e. The van der Waals surface area contributed by atoms with Crippen molar-refractivity contribution in [3.05, 3.63) is 35.8 Å². The van der Waals surface area contributed by atoms with Gasteiger partial charge in [-0.25, -0.2) is 14.8 Å². The minimum Gasteiger partial charge on any atom is -0.432 e. The minimum atomic E-state index is -0.787. The fraction of sp³-hybridized carbons (Fsp3) is 0.333. The second-order valence-electron chi connectivity index (χ2n) is 6.92. The molecule has 1 aromatic carbocycles. The molecule has 0 aliphatic carbocycles. The summed E-state index contributed by atoms with van der Waals surface area (Å²) in [5.41, 5.74) is 1.56. The van der Waals surface area contributed by atoms with Gasteiger partial charge in [0.25, 0.3) is 17.8 Å². The Labute approximate surface area is 173 Å². The van der Waals surface area contributed by atoms with Crippen LogP contribution in [-0.4, -0.2) is 74.9 Å². The van der Waals surface area contributed by atoms with Crippen LogP contribution in [0.4, 0.5) is 4.79 Å². The van der Waals surface area contributed by atoms with Gasteiger partial charge in [0.05, 0.1) is 19.2 Å². The number of hydrogen-bond donors (Lipinski definition) is 0. The van der Waals surface area contributed by atoms with Crippen molar-refractivity contribution in [2.24, 2.45) is 4.99 Å². The number of urea groups is 1. The molecule has 1 saturated heterocycles. The van der Waals surface area contributed by atoms with E-state index in [9.17, 15) is 9.59 Å². The Bertz CT molecular complexity index is 1190. The normalized spacial score (nSPS) is 18.4. The molecule has 1 unspecified atom stereocenters. The second kappa shape index (κ2) is 7.55. The topological polar surface area (TPSA) is 91.0 Å². The fourth-order valence-corrected chi connectivity index (χ4v) is 3.63. The Hall–Kier alpha value is -3.80. The van der Waals surface area contributed by atoms with Gasteiger partial charge in [-0.15, -0.1) is 5.92 Å². The predicted molar refractivity (Wildman–Crippen MR) is 110 cm³/mol. The number of benzene rings is 1. The number of methoxy groups -OCH3 is 1. The zero-order valence-electron chi connectivity index (χ0n) is 17.2. The first-order chi connectivity index (χ1) is 14.5. The Morgan fingerprint density at radius 1 is 1.23 bits per heavy atom. The Morgan fingerprint density at radius 3 is 2.73 bits per heavy atom. The highest BCUT2D eigenvalue weighted by atomic mass is 16.5. The second-order valence-corrected chi connectivity index (χ2v) is 6.92. The smallest absolute Gasteiger partial charge is 0.432 e. The number of fused-ring (bicyclic) bond motifs is 2. The predicted octanol–water partition coefficient (Wildman–Crippen LogP) is 1.15. The SMILES string of the molecule is CC#CC[N+]1=C(OC)N=C2C1C(=O)N(Cc1nc(C)c3ccccc3n1)C(=O)N2C. The molecule has 3 heterocycles. The lowest BCUT2D eigenvalue weighted by atomic mass is 10.1. The van der Waals surface area contributed by atoms with Crippen LogP contribution in [0.15, 0.2) is 29.3 Å². The first-order valence-corrected chi connectivity index (χ1v) is 9.43. The number of aliphatic imine (C=N–C) groups is 1. The van der Waals surface area contributed by atoms with Crippen molar-refractivity contribution >= 4 is 34.7 Å². The van der Waals surface area contributed by atoms with Gasteiger partial charge in [0.2, 0.25) is 0 Å². The minimum absolute atomic E-state index is 0.0347. The number of carbonyl (C=O) groups excluding carboxylic acids is 2. The van der Waals surface area contributed by atoms with Gasteiger partial charge in [-0.2, -0.15) is 4.58 Å². The standard InChI is InChI=1S/C21H21N6O3/c1-5-6-11-26-17-18(24-20(26)30-4)25(3)21(29)27(19(17)28)12-16-22-13(2)14-9-7-8-10-15(14)23-16/h7-10,17H,11-12H2,1-4H3/q+1. The van der Waals surface area contributed by atoms with Gasteiger partial charge in [0, 0.05) is 23.1 Å². The lowest BCUT2D eigenvalue weighted by Crippen LogP contribution is -2.62. The van der Waals surface area contributed by atoms with Crippen LogP contribution < -0.4 is 0 Å². The number of nitrogens with zero attached hydrogens (tertiary/aromatic N) is 6. The third-order valence-electron chi connectivity index (χ3n) is 5.12. The fourth-order valence-electron chi connectivity index (χ4n) is 3.63. The summed E-state index contributed by atoms with van der Waals surface area (Å²) in [6.07, 6.45) is 0. The number of hydrogen-bond acceptors (Lipinski definition) is 6. The number of imide groups is 1. The van der Waals surface area contributed by atoms with E-state index < -0.39 is 18.0 Å². The summed E-state index contributed by atoms with van der Waals surface area (Å²) < 4.78 is 6.97. The molecule has 152 valence electrons. The van der Waals surface area contributed by atoms with Crippen molar-refractivity contribution in [2.75, 3.05) is 20.7 Å². The van der Waals surface area contributed by atoms with E-state index in [4.69, 9.17) is 4.74 Å². The van der Waals surface area contributed by atoms with Gasteiger partial charge in [0.15, 0.2) is 6.54 Å². The van der Waals surface area contributed by atoms with Crippen LogP contribution in [0.1, 0.15) is 18.4 Å². The van der Waals surface area contributed by atoms with Crippen LogP contribution in [0.5, 0.6) is 0 Å². The zero-order valence-corrected chi connectivity index (χ0v) is 17.2. The molecule has 1 atom stereocenters. The molecule has 9 nitrogen and oxygen atoms in total. The van der Waals surface area contributed by atoms with E-state index in [2.05, 4.69) is 26.8 Å². The van der Waals surface area contributed by atoms with E-state index in [1.165, 1.54) is 12.0 Å². The molecule has 9 heteroatoms. The molecule has 2 aromatic rings. The molecular weight excluding hydrogens is 384 g/mol. The summed E-state index contributed by atoms with van der Waals surface area (Å²) in [7, 11) is 3.06. The summed E-state index contributed by atoms with van der Waals surface area (Å²) in [6, 6.07) is 6.61. The first kappa shape index (κ1) is 19.5. The van der Waals surface area contributed by atoms with Crippen molar-refractivity contribution in [1.82, 2.24) is 19.8 Å². The Kier molecular flexibility index (Phi) is 4.91. The van der Waals surface area contributed by atoms with E-state index in [1.807, 2.05) is 31.2 Å². The highest BCUT2D eigenvalue weighted by Gasteiger charge is 2.54. The number of carbonyl (C=O) groups is 2. The van der Waals surface area contributed by atoms with Crippen LogP contribution in [0.25, 0.3) is 10.9 Å². The summed E-state index contributed by atoms with van der Waals surface area (Å²) in [6.45, 7) is 3.82. The third-order valence-corrected chi connectivity index (χ3v) is 5.12. The van der Waals surface area contributed by atoms with Gasteiger partial charge in [-0.3, -0.25) is 14.6 Å². The highest BCUT2D eigenvalue weighted by molar-refractivity contribution is 6.22. The lowest BCUT2D eigenvalue weighted by Gasteiger charge is -2.32. The van der Waals surface area contributed by atoms with E-state index in [-0.39, 0.29) is 19.1 Å². The molecule has 0 saturated carbocycles. The third kappa shape index (κ3) is 3.06. The molecule has 1 aromatic heterocycles. The number of amidine groups is 2. The van der Waals surface area contributed by atoms with Crippen LogP contribution in [-0.2, 0) is 16.1 Å². The number of rotatable bonds is 3. The largest absolute Gasteiger partial charge is 0.497 e. The van der Waals surface area contributed by atoms with Gasteiger partial charge < -0.3 is 4.74 Å². The summed E-state index contributed by atoms with van der Waals surface area (Å²) in [5.74, 6) is 6.05. The van der Waals surface area contributed by atoms with Crippen LogP contribution in [0, 0.1) is 18.8 Å². The quantitative estimate of drug-likeness (QED) is 0.564. The molecule has 0 bridgehead atoms. The van der Waals surface area contributed by atoms with Crippen molar-refractivity contribution in [3.8, 4) is 11.8 Å². The first-order valence-electron chi connectivity index (χ1n) is 9.43. The molecule has 1 fully saturated rings. The monoisotopic (exact) mass is 405 g/mol. The van der Waals surface area contributed by atoms with E-state index in [0.29, 0.717) is 11.7 Å². The molecular formula is C21H21N6O3+. The van der Waals surface area contributed by atoms with Gasteiger partial charge in [-0.05, 0) is 19.9 Å². The van der Waals surface area contributed by atoms with Crippen molar-refractivity contribution < 1.29 is 18.9 Å². The number of amides is 3. The van der Waals surface area contributed by atoms with Crippen molar-refractivity contribution in [2.45, 2.75) is 26.4 Å². The number of para-hydroxylation sites is 1. The molecule has 0 N–H and O–H groups in total. The molecule has 30 heavy (non-hydrogen) atoms. The average molecular weight is 405 g/mol. The molecule has 0 spiro atoms. The Balaban J connectivity index is 1.70. The number of aryl methyl sites for hydroxylation is 1. The summed E-state index contributed by atoms with van der Waals surface area (Å²) in [4.78, 5) is 42.2. The Morgan fingerprint density at radius 2 is 2.00 bits per heavy atom. The molecule has 3 amide bonds. The van der Waals surface area contributed by atoms with E-state index in [1.54, 1.807) is 18.5 Å². The molecule has 4 rings (SSSR count).